The summed E-state index contributed by atoms with van der Waals surface area (Å²) in [4.78, 5) is 31.4. The van der Waals surface area contributed by atoms with E-state index in [9.17, 15) is 9.59 Å². The van der Waals surface area contributed by atoms with Crippen LogP contribution in [0.4, 0.5) is 11.4 Å². The Labute approximate surface area is 182 Å². The predicted octanol–water partition coefficient (Wildman–Crippen LogP) is 0.645. The van der Waals surface area contributed by atoms with Crippen LogP contribution in [0.3, 0.4) is 0 Å². The molecule has 2 aromatic rings. The molecule has 0 atom stereocenters. The number of aromatic nitrogens is 2. The maximum Gasteiger partial charge on any atom is 0.296 e. The van der Waals surface area contributed by atoms with E-state index in [1.54, 1.807) is 13.1 Å². The average molecular weight is 427 g/mol. The fraction of sp³-hybridized carbons (Fsp3) is 0.500. The number of rotatable bonds is 6. The molecule has 1 amide bonds. The predicted molar refractivity (Wildman–Crippen MR) is 120 cm³/mol. The van der Waals surface area contributed by atoms with Crippen molar-refractivity contribution >= 4 is 17.3 Å². The fourth-order valence-electron chi connectivity index (χ4n) is 4.03. The molecular weight excluding hydrogens is 396 g/mol. The third-order valence-corrected chi connectivity index (χ3v) is 5.86. The second-order valence-corrected chi connectivity index (χ2v) is 7.83. The number of benzene rings is 1. The van der Waals surface area contributed by atoms with Gasteiger partial charge in [-0.05, 0) is 12.1 Å². The average Bonchev–Trinajstić information content (AvgIpc) is 2.81. The van der Waals surface area contributed by atoms with Crippen LogP contribution < -0.4 is 15.8 Å². The van der Waals surface area contributed by atoms with Crippen LogP contribution in [0.5, 0.6) is 0 Å². The molecule has 1 N–H and O–H groups in total. The highest BCUT2D eigenvalue weighted by molar-refractivity contribution is 5.74. The SMILES string of the molecule is CC(=O)N1CCN(c2cnn(-c3ccccc3)c(=O)c2NCCN2CCOCC2)CC1. The molecule has 0 unspecified atom stereocenters. The van der Waals surface area contributed by atoms with Gasteiger partial charge in [-0.25, -0.2) is 0 Å². The van der Waals surface area contributed by atoms with E-state index in [2.05, 4.69) is 20.2 Å². The molecule has 4 rings (SSSR count). The molecule has 0 aliphatic carbocycles. The molecule has 31 heavy (non-hydrogen) atoms. The Bertz CT molecular complexity index is 934. The van der Waals surface area contributed by atoms with Crippen molar-refractivity contribution < 1.29 is 9.53 Å². The number of hydrogen-bond donors (Lipinski definition) is 1. The summed E-state index contributed by atoms with van der Waals surface area (Å²) in [6.07, 6.45) is 1.76. The maximum atomic E-state index is 13.4. The Morgan fingerprint density at radius 2 is 1.77 bits per heavy atom. The molecule has 3 heterocycles. The largest absolute Gasteiger partial charge is 0.379 e. The Hall–Kier alpha value is -2.91. The molecule has 0 saturated carbocycles. The molecule has 0 bridgehead atoms. The van der Waals surface area contributed by atoms with Crippen LogP contribution in [0.1, 0.15) is 6.92 Å². The number of carbonyl (C=O) groups excluding carboxylic acids is 1. The first kappa shape index (κ1) is 21.3. The minimum Gasteiger partial charge on any atom is -0.379 e. The standard InChI is InChI=1S/C22H30N6O3/c1-18(29)26-9-11-27(12-10-26)20-17-24-28(19-5-3-2-4-6-19)22(30)21(20)23-7-8-25-13-15-31-16-14-25/h2-6,17,23H,7-16H2,1H3. The number of hydrogen-bond acceptors (Lipinski definition) is 7. The normalized spacial score (nSPS) is 17.6. The van der Waals surface area contributed by atoms with Gasteiger partial charge in [0.05, 0.1) is 30.8 Å². The summed E-state index contributed by atoms with van der Waals surface area (Å²) >= 11 is 0. The third-order valence-electron chi connectivity index (χ3n) is 5.86. The zero-order valence-corrected chi connectivity index (χ0v) is 18.0. The summed E-state index contributed by atoms with van der Waals surface area (Å²) in [7, 11) is 0. The van der Waals surface area contributed by atoms with Crippen LogP contribution in [0.15, 0.2) is 41.3 Å². The molecule has 0 spiro atoms. The van der Waals surface area contributed by atoms with E-state index in [1.807, 2.05) is 35.2 Å². The Kier molecular flexibility index (Phi) is 6.83. The van der Waals surface area contributed by atoms with E-state index in [0.717, 1.165) is 44.2 Å². The van der Waals surface area contributed by atoms with Gasteiger partial charge in [0, 0.05) is 59.3 Å². The molecule has 0 radical (unpaired) electrons. The van der Waals surface area contributed by atoms with Gasteiger partial charge in [-0.3, -0.25) is 14.5 Å². The van der Waals surface area contributed by atoms with Gasteiger partial charge in [-0.15, -0.1) is 0 Å². The topological polar surface area (TPSA) is 82.9 Å². The van der Waals surface area contributed by atoms with E-state index in [1.165, 1.54) is 4.68 Å². The third kappa shape index (κ3) is 5.05. The first-order chi connectivity index (χ1) is 15.1. The minimum absolute atomic E-state index is 0.0844. The maximum absolute atomic E-state index is 13.4. The van der Waals surface area contributed by atoms with Crippen molar-refractivity contribution in [2.75, 3.05) is 75.8 Å². The lowest BCUT2D eigenvalue weighted by molar-refractivity contribution is -0.129. The lowest BCUT2D eigenvalue weighted by atomic mass is 10.2. The number of nitrogens with one attached hydrogen (secondary N) is 1. The number of amides is 1. The van der Waals surface area contributed by atoms with Crippen LogP contribution in [-0.2, 0) is 9.53 Å². The van der Waals surface area contributed by atoms with Gasteiger partial charge < -0.3 is 19.9 Å². The van der Waals surface area contributed by atoms with E-state index in [-0.39, 0.29) is 11.5 Å². The molecule has 2 aliphatic rings. The summed E-state index contributed by atoms with van der Waals surface area (Å²) in [6, 6.07) is 9.45. The van der Waals surface area contributed by atoms with Crippen LogP contribution >= 0.6 is 0 Å². The quantitative estimate of drug-likeness (QED) is 0.726. The number of ether oxygens (including phenoxy) is 1. The van der Waals surface area contributed by atoms with Crippen molar-refractivity contribution in [2.24, 2.45) is 0 Å². The summed E-state index contributed by atoms with van der Waals surface area (Å²) in [5, 5.41) is 7.84. The van der Waals surface area contributed by atoms with E-state index in [4.69, 9.17) is 4.74 Å². The lowest BCUT2D eigenvalue weighted by Gasteiger charge is -2.36. The van der Waals surface area contributed by atoms with Gasteiger partial charge in [0.15, 0.2) is 0 Å². The van der Waals surface area contributed by atoms with Crippen molar-refractivity contribution in [1.29, 1.82) is 0 Å². The van der Waals surface area contributed by atoms with Crippen LogP contribution in [-0.4, -0.2) is 91.1 Å². The molecule has 166 valence electrons. The summed E-state index contributed by atoms with van der Waals surface area (Å²) in [5.74, 6) is 0.0844. The zero-order valence-electron chi connectivity index (χ0n) is 18.0. The highest BCUT2D eigenvalue weighted by Crippen LogP contribution is 2.23. The molecule has 1 aromatic carbocycles. The molecular formula is C22H30N6O3. The number of carbonyl (C=O) groups is 1. The molecule has 2 fully saturated rings. The molecule has 9 heteroatoms. The van der Waals surface area contributed by atoms with E-state index in [0.29, 0.717) is 38.4 Å². The van der Waals surface area contributed by atoms with Gasteiger partial charge in [0.2, 0.25) is 5.91 Å². The highest BCUT2D eigenvalue weighted by Gasteiger charge is 2.23. The van der Waals surface area contributed by atoms with Crippen molar-refractivity contribution in [2.45, 2.75) is 6.92 Å². The van der Waals surface area contributed by atoms with Crippen molar-refractivity contribution in [1.82, 2.24) is 19.6 Å². The Morgan fingerprint density at radius 1 is 1.06 bits per heavy atom. The summed E-state index contributed by atoms with van der Waals surface area (Å²) < 4.78 is 6.85. The lowest BCUT2D eigenvalue weighted by Crippen LogP contribution is -2.48. The zero-order chi connectivity index (χ0) is 21.6. The number of anilines is 2. The van der Waals surface area contributed by atoms with Crippen LogP contribution in [0.25, 0.3) is 5.69 Å². The first-order valence-corrected chi connectivity index (χ1v) is 10.9. The van der Waals surface area contributed by atoms with Crippen LogP contribution in [0.2, 0.25) is 0 Å². The van der Waals surface area contributed by atoms with Crippen molar-refractivity contribution in [3.63, 3.8) is 0 Å². The van der Waals surface area contributed by atoms with E-state index < -0.39 is 0 Å². The van der Waals surface area contributed by atoms with Crippen molar-refractivity contribution in [3.05, 3.63) is 46.9 Å². The van der Waals surface area contributed by atoms with Gasteiger partial charge in [0.25, 0.3) is 5.56 Å². The number of piperazine rings is 1. The molecule has 1 aromatic heterocycles. The van der Waals surface area contributed by atoms with Gasteiger partial charge in [-0.2, -0.15) is 9.78 Å². The highest BCUT2D eigenvalue weighted by atomic mass is 16.5. The number of morpholine rings is 1. The molecule has 9 nitrogen and oxygen atoms in total. The Balaban J connectivity index is 1.56. The van der Waals surface area contributed by atoms with Crippen molar-refractivity contribution in [3.8, 4) is 5.69 Å². The second kappa shape index (κ2) is 9.93. The van der Waals surface area contributed by atoms with E-state index >= 15 is 0 Å². The summed E-state index contributed by atoms with van der Waals surface area (Å²) in [5.41, 5.74) is 1.92. The van der Waals surface area contributed by atoms with Gasteiger partial charge >= 0.3 is 0 Å². The van der Waals surface area contributed by atoms with Gasteiger partial charge in [-0.1, -0.05) is 18.2 Å². The Morgan fingerprint density at radius 3 is 2.45 bits per heavy atom. The second-order valence-electron chi connectivity index (χ2n) is 7.83. The monoisotopic (exact) mass is 426 g/mol. The number of para-hydroxylation sites is 1. The number of nitrogens with zero attached hydrogens (tertiary/aromatic N) is 5. The van der Waals surface area contributed by atoms with Gasteiger partial charge in [0.1, 0.15) is 5.69 Å². The molecule has 2 saturated heterocycles. The summed E-state index contributed by atoms with van der Waals surface area (Å²) in [6.45, 7) is 9.05. The molecule has 2 aliphatic heterocycles. The smallest absolute Gasteiger partial charge is 0.296 e. The first-order valence-electron chi connectivity index (χ1n) is 10.9. The fourth-order valence-corrected chi connectivity index (χ4v) is 4.03. The minimum atomic E-state index is -0.167. The van der Waals surface area contributed by atoms with Crippen LogP contribution in [0, 0.1) is 0 Å².